The molecular weight excluding hydrogens is 332 g/mol. The summed E-state index contributed by atoms with van der Waals surface area (Å²) in [5, 5.41) is 7.33. The molecule has 0 aromatic carbocycles. The molecule has 1 unspecified atom stereocenters. The molecule has 7 nitrogen and oxygen atoms in total. The van der Waals surface area contributed by atoms with E-state index in [2.05, 4.69) is 15.3 Å². The lowest BCUT2D eigenvalue weighted by Gasteiger charge is -2.33. The first-order valence-electron chi connectivity index (χ1n) is 8.76. The van der Waals surface area contributed by atoms with Crippen molar-refractivity contribution in [3.8, 4) is 0 Å². The number of rotatable bonds is 6. The van der Waals surface area contributed by atoms with Gasteiger partial charge in [-0.2, -0.15) is 5.10 Å². The average Bonchev–Trinajstić information content (AvgIpc) is 3.35. The number of fused-ring (bicyclic) bond motifs is 1. The smallest absolute Gasteiger partial charge is 0.222 e. The first-order valence-corrected chi connectivity index (χ1v) is 8.76. The molecule has 3 aromatic rings. The molecule has 0 saturated heterocycles. The minimum Gasteiger partial charge on any atom is -0.467 e. The zero-order chi connectivity index (χ0) is 17.9. The summed E-state index contributed by atoms with van der Waals surface area (Å²) >= 11 is 0. The fourth-order valence-corrected chi connectivity index (χ4v) is 3.41. The number of nitrogens with one attached hydrogen (secondary N) is 1. The van der Waals surface area contributed by atoms with Gasteiger partial charge in [0, 0.05) is 19.3 Å². The van der Waals surface area contributed by atoms with Crippen LogP contribution in [-0.4, -0.2) is 27.1 Å². The van der Waals surface area contributed by atoms with Gasteiger partial charge >= 0.3 is 0 Å². The van der Waals surface area contributed by atoms with E-state index in [1.807, 2.05) is 41.9 Å². The van der Waals surface area contributed by atoms with Gasteiger partial charge in [-0.15, -0.1) is 0 Å². The van der Waals surface area contributed by atoms with Gasteiger partial charge < -0.3 is 14.2 Å². The maximum atomic E-state index is 12.4. The maximum absolute atomic E-state index is 12.4. The van der Waals surface area contributed by atoms with E-state index in [0.717, 1.165) is 42.6 Å². The zero-order valence-corrected chi connectivity index (χ0v) is 14.7. The second kappa shape index (κ2) is 7.21. The van der Waals surface area contributed by atoms with Gasteiger partial charge in [-0.05, 0) is 37.3 Å². The number of furan rings is 2. The van der Waals surface area contributed by atoms with Crippen LogP contribution in [0.1, 0.15) is 35.4 Å². The lowest BCUT2D eigenvalue weighted by Crippen LogP contribution is -2.39. The molecule has 1 aliphatic rings. The van der Waals surface area contributed by atoms with Crippen LogP contribution in [0, 0.1) is 6.92 Å². The second-order valence-corrected chi connectivity index (χ2v) is 6.66. The number of nitrogens with zero attached hydrogens (tertiary/aromatic N) is 3. The predicted octanol–water partition coefficient (Wildman–Crippen LogP) is 2.64. The standard InChI is InChI=1S/C19H22N4O3/c1-14-4-5-18(26-14)13-22-11-15-6-7-21-23(15)16(12-22)9-19(24)20-10-17-3-2-8-25-17/h2-8,16H,9-13H2,1H3,(H,20,24). The molecule has 7 heteroatoms. The highest BCUT2D eigenvalue weighted by molar-refractivity contribution is 5.76. The quantitative estimate of drug-likeness (QED) is 0.736. The summed E-state index contributed by atoms with van der Waals surface area (Å²) < 4.78 is 12.9. The molecule has 0 saturated carbocycles. The van der Waals surface area contributed by atoms with Gasteiger partial charge in [-0.3, -0.25) is 14.4 Å². The van der Waals surface area contributed by atoms with Crippen molar-refractivity contribution in [2.45, 2.75) is 39.0 Å². The normalized spacial score (nSPS) is 17.2. The Morgan fingerprint density at radius 1 is 1.31 bits per heavy atom. The molecular formula is C19H22N4O3. The maximum Gasteiger partial charge on any atom is 0.222 e. The van der Waals surface area contributed by atoms with Crippen LogP contribution >= 0.6 is 0 Å². The van der Waals surface area contributed by atoms with Crippen molar-refractivity contribution in [2.75, 3.05) is 6.54 Å². The average molecular weight is 354 g/mol. The van der Waals surface area contributed by atoms with E-state index in [4.69, 9.17) is 8.83 Å². The Hall–Kier alpha value is -2.80. The summed E-state index contributed by atoms with van der Waals surface area (Å²) in [6, 6.07) is 9.65. The van der Waals surface area contributed by atoms with E-state index in [1.165, 1.54) is 0 Å². The van der Waals surface area contributed by atoms with E-state index >= 15 is 0 Å². The SMILES string of the molecule is Cc1ccc(CN2Cc3ccnn3C(CC(=O)NCc3ccco3)C2)o1. The minimum absolute atomic E-state index is 0.00131. The molecule has 0 aliphatic carbocycles. The predicted molar refractivity (Wildman–Crippen MR) is 94.0 cm³/mol. The van der Waals surface area contributed by atoms with Gasteiger partial charge in [-0.1, -0.05) is 0 Å². The van der Waals surface area contributed by atoms with Crippen molar-refractivity contribution in [3.63, 3.8) is 0 Å². The Labute approximate surface area is 151 Å². The van der Waals surface area contributed by atoms with E-state index in [9.17, 15) is 4.79 Å². The summed E-state index contributed by atoms with van der Waals surface area (Å²) in [4.78, 5) is 14.7. The molecule has 136 valence electrons. The lowest BCUT2D eigenvalue weighted by molar-refractivity contribution is -0.122. The van der Waals surface area contributed by atoms with E-state index in [1.54, 1.807) is 12.5 Å². The fourth-order valence-electron chi connectivity index (χ4n) is 3.41. The summed E-state index contributed by atoms with van der Waals surface area (Å²) in [5.41, 5.74) is 1.11. The number of aryl methyl sites for hydroxylation is 1. The van der Waals surface area contributed by atoms with Crippen molar-refractivity contribution in [1.82, 2.24) is 20.0 Å². The largest absolute Gasteiger partial charge is 0.467 e. The molecule has 1 N–H and O–H groups in total. The Kier molecular flexibility index (Phi) is 4.62. The van der Waals surface area contributed by atoms with Crippen LogP contribution in [0.5, 0.6) is 0 Å². The number of carbonyl (C=O) groups excluding carboxylic acids is 1. The van der Waals surface area contributed by atoms with Crippen LogP contribution < -0.4 is 5.32 Å². The topological polar surface area (TPSA) is 76.4 Å². The van der Waals surface area contributed by atoms with E-state index in [0.29, 0.717) is 13.0 Å². The number of hydrogen-bond acceptors (Lipinski definition) is 5. The van der Waals surface area contributed by atoms with Crippen molar-refractivity contribution in [1.29, 1.82) is 0 Å². The van der Waals surface area contributed by atoms with Gasteiger partial charge in [0.15, 0.2) is 0 Å². The van der Waals surface area contributed by atoms with Crippen LogP contribution in [-0.2, 0) is 24.4 Å². The molecule has 26 heavy (non-hydrogen) atoms. The van der Waals surface area contributed by atoms with Gasteiger partial charge in [0.1, 0.15) is 17.3 Å². The van der Waals surface area contributed by atoms with Gasteiger partial charge in [0.25, 0.3) is 0 Å². The molecule has 4 heterocycles. The van der Waals surface area contributed by atoms with Gasteiger partial charge in [0.05, 0.1) is 37.5 Å². The highest BCUT2D eigenvalue weighted by Gasteiger charge is 2.27. The fraction of sp³-hybridized carbons (Fsp3) is 0.368. The Balaban J connectivity index is 1.40. The molecule has 1 atom stereocenters. The van der Waals surface area contributed by atoms with Crippen LogP contribution in [0.2, 0.25) is 0 Å². The Bertz CT molecular complexity index is 865. The molecule has 0 radical (unpaired) electrons. The summed E-state index contributed by atoms with van der Waals surface area (Å²) in [6.45, 7) is 4.62. The van der Waals surface area contributed by atoms with Crippen molar-refractivity contribution >= 4 is 5.91 Å². The highest BCUT2D eigenvalue weighted by Crippen LogP contribution is 2.24. The zero-order valence-electron chi connectivity index (χ0n) is 14.7. The third kappa shape index (κ3) is 3.72. The molecule has 3 aromatic heterocycles. The number of amides is 1. The van der Waals surface area contributed by atoms with Gasteiger partial charge in [-0.25, -0.2) is 0 Å². The molecule has 1 amide bonds. The van der Waals surface area contributed by atoms with Crippen molar-refractivity contribution < 1.29 is 13.6 Å². The van der Waals surface area contributed by atoms with Gasteiger partial charge in [0.2, 0.25) is 5.91 Å². The van der Waals surface area contributed by atoms with Crippen LogP contribution in [0.4, 0.5) is 0 Å². The van der Waals surface area contributed by atoms with Crippen LogP contribution in [0.25, 0.3) is 0 Å². The summed E-state index contributed by atoms with van der Waals surface area (Å²) in [6.07, 6.45) is 3.78. The molecule has 4 rings (SSSR count). The third-order valence-electron chi connectivity index (χ3n) is 4.59. The number of aromatic nitrogens is 2. The lowest BCUT2D eigenvalue weighted by atomic mass is 10.1. The molecule has 1 aliphatic heterocycles. The Morgan fingerprint density at radius 3 is 3.00 bits per heavy atom. The molecule has 0 spiro atoms. The van der Waals surface area contributed by atoms with E-state index < -0.39 is 0 Å². The monoisotopic (exact) mass is 354 g/mol. The van der Waals surface area contributed by atoms with Crippen LogP contribution in [0.15, 0.2) is 51.6 Å². The summed E-state index contributed by atoms with van der Waals surface area (Å²) in [5.74, 6) is 2.59. The number of hydrogen-bond donors (Lipinski definition) is 1. The highest BCUT2D eigenvalue weighted by atomic mass is 16.3. The van der Waals surface area contributed by atoms with Crippen molar-refractivity contribution in [2.24, 2.45) is 0 Å². The van der Waals surface area contributed by atoms with E-state index in [-0.39, 0.29) is 11.9 Å². The summed E-state index contributed by atoms with van der Waals surface area (Å²) in [7, 11) is 0. The molecule has 0 fully saturated rings. The molecule has 0 bridgehead atoms. The minimum atomic E-state index is -0.0106. The Morgan fingerprint density at radius 2 is 2.23 bits per heavy atom. The number of carbonyl (C=O) groups is 1. The third-order valence-corrected chi connectivity index (χ3v) is 4.59. The first kappa shape index (κ1) is 16.7. The second-order valence-electron chi connectivity index (χ2n) is 6.66. The first-order chi connectivity index (χ1) is 12.7. The van der Waals surface area contributed by atoms with Crippen LogP contribution in [0.3, 0.4) is 0 Å². The van der Waals surface area contributed by atoms with Crippen molar-refractivity contribution in [3.05, 3.63) is 65.8 Å².